The predicted molar refractivity (Wildman–Crippen MR) is 167 cm³/mol. The largest absolute Gasteiger partial charge is 0.455 e. The van der Waals surface area contributed by atoms with Gasteiger partial charge >= 0.3 is 35.6 Å². The van der Waals surface area contributed by atoms with Crippen LogP contribution in [0.4, 0.5) is 35.1 Å². The Kier molecular flexibility index (Phi) is 9.03. The summed E-state index contributed by atoms with van der Waals surface area (Å²) in [4.78, 5) is 26.7. The van der Waals surface area contributed by atoms with E-state index in [0.717, 1.165) is 18.2 Å². The Labute approximate surface area is 309 Å². The molecule has 1 N–H and O–H groups in total. The zero-order valence-corrected chi connectivity index (χ0v) is 29.9. The predicted octanol–water partition coefficient (Wildman–Crippen LogP) is 6.23. The van der Waals surface area contributed by atoms with E-state index in [-0.39, 0.29) is 56.8 Å². The average molecular weight is 819 g/mol. The van der Waals surface area contributed by atoms with E-state index in [1.54, 1.807) is 0 Å². The maximum absolute atomic E-state index is 14.4. The standard InChI is InChI=1S/C35H38F8O11S/c36-31(37)14-49-24-3-19-4-25(50-15-32(31,38)39)13-30(9-19,12-24)54-28(45)21-5-20(6-26(7-21)55(46,47)48)27(44)53-29-8-18-1-22(10-29)35(23(2-18)11-29)51-16-33(40,41)34(42,43)17-52-35/h5-7,18-19,22-25H,1-4,8-17H2,(H,46,47,48). The second kappa shape index (κ2) is 12.7. The third-order valence-corrected chi connectivity index (χ3v) is 13.5. The van der Waals surface area contributed by atoms with Gasteiger partial charge < -0.3 is 28.4 Å². The monoisotopic (exact) mass is 818 g/mol. The topological polar surface area (TPSA) is 144 Å². The number of halogens is 8. The van der Waals surface area contributed by atoms with Crippen molar-refractivity contribution < 1.29 is 86.1 Å². The average Bonchev–Trinajstić information content (AvgIpc) is 3.17. The number of carbonyl (C=O) groups is 2. The van der Waals surface area contributed by atoms with Crippen LogP contribution in [0, 0.1) is 23.7 Å². The minimum Gasteiger partial charge on any atom is -0.455 e. The van der Waals surface area contributed by atoms with Crippen molar-refractivity contribution in [2.45, 2.75) is 122 Å². The Hall–Kier alpha value is -2.65. The quantitative estimate of drug-likeness (QED) is 0.205. The molecule has 3 aliphatic heterocycles. The van der Waals surface area contributed by atoms with Gasteiger partial charge in [0.05, 0.1) is 28.2 Å². The summed E-state index contributed by atoms with van der Waals surface area (Å²) in [6.45, 7) is -6.34. The minimum atomic E-state index is -5.06. The first-order valence-corrected chi connectivity index (χ1v) is 19.5. The molecule has 3 heterocycles. The van der Waals surface area contributed by atoms with Crippen LogP contribution in [-0.2, 0) is 38.5 Å². The summed E-state index contributed by atoms with van der Waals surface area (Å²) < 4.78 is 183. The lowest BCUT2D eigenvalue weighted by Crippen LogP contribution is -2.66. The zero-order valence-electron chi connectivity index (χ0n) is 29.1. The lowest BCUT2D eigenvalue weighted by atomic mass is 9.51. The number of alkyl halides is 8. The van der Waals surface area contributed by atoms with Gasteiger partial charge in [0, 0.05) is 24.7 Å². The molecular weight excluding hydrogens is 780 g/mol. The molecule has 10 rings (SSSR count). The summed E-state index contributed by atoms with van der Waals surface area (Å²) >= 11 is 0. The molecule has 1 aromatic rings. The Morgan fingerprint density at radius 1 is 0.600 bits per heavy atom. The first-order chi connectivity index (χ1) is 25.4. The molecule has 9 aliphatic rings. The maximum atomic E-state index is 14.4. The molecule has 0 amide bonds. The molecule has 8 bridgehead atoms. The second-order valence-electron chi connectivity index (χ2n) is 16.6. The van der Waals surface area contributed by atoms with Crippen molar-refractivity contribution in [1.82, 2.24) is 0 Å². The van der Waals surface area contributed by atoms with Crippen molar-refractivity contribution in [2.75, 3.05) is 26.4 Å². The molecule has 55 heavy (non-hydrogen) atoms. The van der Waals surface area contributed by atoms with E-state index in [1.165, 1.54) is 0 Å². The molecule has 20 heteroatoms. The SMILES string of the molecule is O=C(OC12CC3CC(C1)OCC(F)(F)C(F)(F)COC(C3)C2)c1cc(C(=O)OC23CC4CC(C2)C2(OCC(F)(F)C(F)(F)CO2)C(C4)C3)cc(S(=O)(=O)O)c1. The van der Waals surface area contributed by atoms with Crippen LogP contribution in [0.15, 0.2) is 23.1 Å². The number of hydrogen-bond acceptors (Lipinski definition) is 10. The van der Waals surface area contributed by atoms with E-state index in [1.807, 2.05) is 0 Å². The molecule has 3 saturated heterocycles. The highest BCUT2D eigenvalue weighted by molar-refractivity contribution is 7.85. The summed E-state index contributed by atoms with van der Waals surface area (Å²) in [5.41, 5.74) is -3.73. The van der Waals surface area contributed by atoms with Crippen LogP contribution in [-0.4, -0.2) is 104 Å². The van der Waals surface area contributed by atoms with Crippen molar-refractivity contribution in [3.63, 3.8) is 0 Å². The van der Waals surface area contributed by atoms with Gasteiger partial charge in [-0.25, -0.2) is 9.59 Å². The van der Waals surface area contributed by atoms with Gasteiger partial charge in [0.25, 0.3) is 10.1 Å². The van der Waals surface area contributed by atoms with Crippen molar-refractivity contribution in [1.29, 1.82) is 0 Å². The Morgan fingerprint density at radius 2 is 1.00 bits per heavy atom. The number of ether oxygens (including phenoxy) is 6. The first kappa shape index (κ1) is 39.2. The van der Waals surface area contributed by atoms with Gasteiger partial charge in [-0.15, -0.1) is 0 Å². The van der Waals surface area contributed by atoms with Crippen molar-refractivity contribution in [3.8, 4) is 0 Å². The van der Waals surface area contributed by atoms with Gasteiger partial charge in [-0.1, -0.05) is 0 Å². The van der Waals surface area contributed by atoms with Crippen molar-refractivity contribution >= 4 is 22.1 Å². The van der Waals surface area contributed by atoms with Gasteiger partial charge in [-0.2, -0.15) is 43.5 Å². The maximum Gasteiger partial charge on any atom is 0.338 e. The highest BCUT2D eigenvalue weighted by Gasteiger charge is 2.70. The fourth-order valence-corrected chi connectivity index (χ4v) is 11.0. The van der Waals surface area contributed by atoms with E-state index in [4.69, 9.17) is 28.4 Å². The number of carbonyl (C=O) groups excluding carboxylic acids is 2. The molecule has 0 radical (unpaired) electrons. The Balaban J connectivity index is 1.03. The number of hydrogen-bond donors (Lipinski definition) is 1. The number of esters is 2. The van der Waals surface area contributed by atoms with Gasteiger partial charge in [-0.3, -0.25) is 4.55 Å². The molecule has 4 unspecified atom stereocenters. The summed E-state index contributed by atoms with van der Waals surface area (Å²) in [6, 6.07) is 2.50. The van der Waals surface area contributed by atoms with Crippen LogP contribution in [0.5, 0.6) is 0 Å². The normalized spacial score (nSPS) is 39.2. The summed E-state index contributed by atoms with van der Waals surface area (Å²) in [5.74, 6) is -23.9. The number of benzene rings is 1. The molecule has 306 valence electrons. The smallest absolute Gasteiger partial charge is 0.338 e. The lowest BCUT2D eigenvalue weighted by Gasteiger charge is -2.63. The lowest BCUT2D eigenvalue weighted by molar-refractivity contribution is -0.353. The van der Waals surface area contributed by atoms with Gasteiger partial charge in [0.2, 0.25) is 0 Å². The highest BCUT2D eigenvalue weighted by atomic mass is 32.2. The number of fused-ring (bicyclic) bond motifs is 5. The van der Waals surface area contributed by atoms with Gasteiger partial charge in [0.1, 0.15) is 37.6 Å². The van der Waals surface area contributed by atoms with Crippen molar-refractivity contribution in [3.05, 3.63) is 29.3 Å². The van der Waals surface area contributed by atoms with Crippen LogP contribution in [0.1, 0.15) is 84.9 Å². The van der Waals surface area contributed by atoms with E-state index in [0.29, 0.717) is 19.3 Å². The van der Waals surface area contributed by atoms with Gasteiger partial charge in [-0.05, 0) is 81.4 Å². The molecule has 9 fully saturated rings. The molecule has 6 aliphatic carbocycles. The van der Waals surface area contributed by atoms with Crippen LogP contribution in [0.3, 0.4) is 0 Å². The summed E-state index contributed by atoms with van der Waals surface area (Å²) in [6.07, 6.45) is -0.698. The van der Waals surface area contributed by atoms with E-state index >= 15 is 0 Å². The zero-order chi connectivity index (χ0) is 39.6. The van der Waals surface area contributed by atoms with E-state index in [2.05, 4.69) is 0 Å². The van der Waals surface area contributed by atoms with Crippen LogP contribution in [0.2, 0.25) is 0 Å². The van der Waals surface area contributed by atoms with Crippen LogP contribution in [0.25, 0.3) is 0 Å². The second-order valence-corrected chi connectivity index (χ2v) is 18.1. The Morgan fingerprint density at radius 3 is 1.44 bits per heavy atom. The fraction of sp³-hybridized carbons (Fsp3) is 0.771. The van der Waals surface area contributed by atoms with E-state index in [9.17, 15) is 57.7 Å². The third-order valence-electron chi connectivity index (χ3n) is 12.6. The molecule has 1 spiro atoms. The highest BCUT2D eigenvalue weighted by Crippen LogP contribution is 2.64. The molecule has 6 saturated carbocycles. The summed E-state index contributed by atoms with van der Waals surface area (Å²) in [5, 5.41) is 0. The molecule has 0 aromatic heterocycles. The van der Waals surface area contributed by atoms with Crippen LogP contribution >= 0.6 is 0 Å². The van der Waals surface area contributed by atoms with Crippen molar-refractivity contribution in [2.24, 2.45) is 23.7 Å². The molecular formula is C35H38F8O11S. The third kappa shape index (κ3) is 6.83. The van der Waals surface area contributed by atoms with Gasteiger partial charge in [0.15, 0.2) is 5.79 Å². The van der Waals surface area contributed by atoms with E-state index < -0.39 is 129 Å². The fourth-order valence-electron chi connectivity index (χ4n) is 10.4. The molecule has 1 aromatic carbocycles. The molecule has 4 atom stereocenters. The summed E-state index contributed by atoms with van der Waals surface area (Å²) in [7, 11) is -5.06. The van der Waals surface area contributed by atoms with Crippen LogP contribution < -0.4 is 0 Å². The Bertz CT molecular complexity index is 1790. The minimum absolute atomic E-state index is 0.0101. The number of rotatable bonds is 5. The first-order valence-electron chi connectivity index (χ1n) is 18.1. The molecule has 11 nitrogen and oxygen atoms in total.